The maximum atomic E-state index is 12.5. The molecule has 1 heterocycles. The predicted octanol–water partition coefficient (Wildman–Crippen LogP) is 4.46. The van der Waals surface area contributed by atoms with Gasteiger partial charge in [-0.15, -0.1) is 5.10 Å². The molecule has 4 saturated carbocycles. The first kappa shape index (κ1) is 19.2. The fourth-order valence-corrected chi connectivity index (χ4v) is 6.94. The molecule has 0 unspecified atom stereocenters. The second kappa shape index (κ2) is 7.78. The quantitative estimate of drug-likeness (QED) is 0.661. The minimum atomic E-state index is 0.101. The molecule has 0 aliphatic heterocycles. The lowest BCUT2D eigenvalue weighted by molar-refractivity contribution is -0.120. The van der Waals surface area contributed by atoms with Gasteiger partial charge >= 0.3 is 0 Å². The Hall–Kier alpha value is -1.82. The number of aromatic amines is 1. The van der Waals surface area contributed by atoms with Crippen molar-refractivity contribution in [3.05, 3.63) is 29.8 Å². The second-order valence-corrected chi connectivity index (χ2v) is 10.4. The van der Waals surface area contributed by atoms with Gasteiger partial charge in [-0.2, -0.15) is 0 Å². The number of aromatic nitrogens is 3. The van der Waals surface area contributed by atoms with E-state index in [1.54, 1.807) is 0 Å². The molecule has 0 saturated heterocycles. The topological polar surface area (TPSA) is 70.7 Å². The third-order valence-corrected chi connectivity index (χ3v) is 8.11. The Balaban J connectivity index is 1.12. The minimum absolute atomic E-state index is 0.101. The molecule has 6 rings (SSSR count). The number of nitrogens with zero attached hydrogens (tertiary/aromatic N) is 2. The summed E-state index contributed by atoms with van der Waals surface area (Å²) in [7, 11) is 0. The number of thioether (sulfide) groups is 1. The standard InChI is InChI=1S/C23H30N4OS/c1-2-15-3-5-19(6-4-15)21-25-22(27-26-21)29-13-20(28)24-14-23-10-16-7-17(11-23)9-18(8-16)12-23/h3-6,16-18H,2,7-14H2,1H3,(H,24,28)(H,25,26,27). The molecule has 1 amide bonds. The molecule has 4 aliphatic carbocycles. The van der Waals surface area contributed by atoms with Crippen LogP contribution in [0.5, 0.6) is 0 Å². The van der Waals surface area contributed by atoms with E-state index in [4.69, 9.17) is 0 Å². The number of hydrogen-bond donors (Lipinski definition) is 2. The van der Waals surface area contributed by atoms with Crippen molar-refractivity contribution >= 4 is 17.7 Å². The highest BCUT2D eigenvalue weighted by molar-refractivity contribution is 7.99. The van der Waals surface area contributed by atoms with E-state index in [-0.39, 0.29) is 5.91 Å². The van der Waals surface area contributed by atoms with Crippen LogP contribution in [0.4, 0.5) is 0 Å². The van der Waals surface area contributed by atoms with E-state index in [1.165, 1.54) is 55.9 Å². The van der Waals surface area contributed by atoms with Crippen molar-refractivity contribution in [2.24, 2.45) is 23.2 Å². The lowest BCUT2D eigenvalue weighted by Gasteiger charge is -2.56. The molecule has 2 aromatic rings. The van der Waals surface area contributed by atoms with Crippen molar-refractivity contribution in [2.45, 2.75) is 57.0 Å². The Morgan fingerprint density at radius 3 is 2.41 bits per heavy atom. The fourth-order valence-electron chi connectivity index (χ4n) is 6.31. The smallest absolute Gasteiger partial charge is 0.230 e. The van der Waals surface area contributed by atoms with Gasteiger partial charge in [0.15, 0.2) is 5.82 Å². The molecule has 154 valence electrons. The molecule has 0 atom stereocenters. The summed E-state index contributed by atoms with van der Waals surface area (Å²) in [6.07, 6.45) is 9.33. The SMILES string of the molecule is CCc1ccc(-c2nc(SCC(=O)NCC34CC5CC(CC(C5)C3)C4)n[nH]2)cc1. The van der Waals surface area contributed by atoms with Gasteiger partial charge in [-0.1, -0.05) is 43.0 Å². The zero-order valence-corrected chi connectivity index (χ0v) is 17.9. The van der Waals surface area contributed by atoms with Gasteiger partial charge in [0.25, 0.3) is 0 Å². The number of carbonyl (C=O) groups is 1. The van der Waals surface area contributed by atoms with Crippen LogP contribution in [-0.4, -0.2) is 33.4 Å². The molecule has 29 heavy (non-hydrogen) atoms. The van der Waals surface area contributed by atoms with Crippen molar-refractivity contribution in [2.75, 3.05) is 12.3 Å². The minimum Gasteiger partial charge on any atom is -0.355 e. The van der Waals surface area contributed by atoms with E-state index in [0.29, 0.717) is 16.3 Å². The van der Waals surface area contributed by atoms with Crippen LogP contribution < -0.4 is 5.32 Å². The Morgan fingerprint density at radius 1 is 1.14 bits per heavy atom. The highest BCUT2D eigenvalue weighted by Gasteiger charge is 2.50. The average Bonchev–Trinajstić information content (AvgIpc) is 3.19. The molecule has 1 aromatic heterocycles. The zero-order valence-electron chi connectivity index (χ0n) is 17.1. The lowest BCUT2D eigenvalue weighted by Crippen LogP contribution is -2.51. The molecular formula is C23H30N4OS. The molecule has 4 fully saturated rings. The van der Waals surface area contributed by atoms with E-state index < -0.39 is 0 Å². The number of benzene rings is 1. The second-order valence-electron chi connectivity index (χ2n) is 9.50. The van der Waals surface area contributed by atoms with Crippen molar-refractivity contribution < 1.29 is 4.79 Å². The van der Waals surface area contributed by atoms with E-state index in [0.717, 1.165) is 42.1 Å². The highest BCUT2D eigenvalue weighted by Crippen LogP contribution is 2.59. The van der Waals surface area contributed by atoms with Gasteiger partial charge in [0.05, 0.1) is 5.75 Å². The van der Waals surface area contributed by atoms with Crippen LogP contribution in [-0.2, 0) is 11.2 Å². The van der Waals surface area contributed by atoms with Gasteiger partial charge in [-0.25, -0.2) is 4.98 Å². The first-order valence-electron chi connectivity index (χ1n) is 11.0. The molecule has 0 radical (unpaired) electrons. The third-order valence-electron chi connectivity index (χ3n) is 7.26. The van der Waals surface area contributed by atoms with Crippen molar-refractivity contribution in [1.82, 2.24) is 20.5 Å². The van der Waals surface area contributed by atoms with E-state index in [1.807, 2.05) is 0 Å². The molecule has 6 heteroatoms. The summed E-state index contributed by atoms with van der Waals surface area (Å²) < 4.78 is 0. The van der Waals surface area contributed by atoms with Gasteiger partial charge in [-0.3, -0.25) is 9.89 Å². The third kappa shape index (κ3) is 4.09. The number of rotatable bonds is 7. The number of hydrogen-bond acceptors (Lipinski definition) is 4. The van der Waals surface area contributed by atoms with Crippen LogP contribution in [0.15, 0.2) is 29.4 Å². The average molecular weight is 411 g/mol. The van der Waals surface area contributed by atoms with Crippen molar-refractivity contribution in [1.29, 1.82) is 0 Å². The summed E-state index contributed by atoms with van der Waals surface area (Å²) in [5.74, 6) is 3.99. The van der Waals surface area contributed by atoms with Gasteiger partial charge < -0.3 is 5.32 Å². The Kier molecular flexibility index (Phi) is 5.14. The van der Waals surface area contributed by atoms with Crippen LogP contribution in [0.3, 0.4) is 0 Å². The molecule has 4 aliphatic rings. The highest BCUT2D eigenvalue weighted by atomic mass is 32.2. The fraction of sp³-hybridized carbons (Fsp3) is 0.609. The lowest BCUT2D eigenvalue weighted by atomic mass is 9.49. The largest absolute Gasteiger partial charge is 0.355 e. The summed E-state index contributed by atoms with van der Waals surface area (Å²) in [4.78, 5) is 17.0. The van der Waals surface area contributed by atoms with Crippen LogP contribution >= 0.6 is 11.8 Å². The van der Waals surface area contributed by atoms with E-state index in [2.05, 4.69) is 51.7 Å². The molecule has 1 aromatic carbocycles. The molecule has 5 nitrogen and oxygen atoms in total. The number of aryl methyl sites for hydroxylation is 1. The molecule has 2 N–H and O–H groups in total. The van der Waals surface area contributed by atoms with Gasteiger partial charge in [0.2, 0.25) is 11.1 Å². The number of nitrogens with one attached hydrogen (secondary N) is 2. The van der Waals surface area contributed by atoms with E-state index >= 15 is 0 Å². The predicted molar refractivity (Wildman–Crippen MR) is 116 cm³/mol. The van der Waals surface area contributed by atoms with E-state index in [9.17, 15) is 4.79 Å². The van der Waals surface area contributed by atoms with Gasteiger partial charge in [0, 0.05) is 12.1 Å². The van der Waals surface area contributed by atoms with Crippen molar-refractivity contribution in [3.63, 3.8) is 0 Å². The first-order valence-corrected chi connectivity index (χ1v) is 12.0. The zero-order chi connectivity index (χ0) is 19.8. The van der Waals surface area contributed by atoms with Crippen molar-refractivity contribution in [3.8, 4) is 11.4 Å². The van der Waals surface area contributed by atoms with Crippen LogP contribution in [0.1, 0.15) is 51.0 Å². The number of amides is 1. The van der Waals surface area contributed by atoms with Crippen LogP contribution in [0.2, 0.25) is 0 Å². The first-order chi connectivity index (χ1) is 14.1. The number of H-pyrrole nitrogens is 1. The number of carbonyl (C=O) groups excluding carboxylic acids is 1. The summed E-state index contributed by atoms with van der Waals surface area (Å²) in [6.45, 7) is 3.01. The Morgan fingerprint density at radius 2 is 1.79 bits per heavy atom. The normalized spacial score (nSPS) is 29.9. The Labute approximate surface area is 176 Å². The summed E-state index contributed by atoms with van der Waals surface area (Å²) in [5.41, 5.74) is 2.71. The van der Waals surface area contributed by atoms with Gasteiger partial charge in [0.1, 0.15) is 0 Å². The maximum Gasteiger partial charge on any atom is 0.230 e. The maximum absolute atomic E-state index is 12.5. The molecular weight excluding hydrogens is 380 g/mol. The monoisotopic (exact) mass is 410 g/mol. The van der Waals surface area contributed by atoms with Crippen LogP contribution in [0.25, 0.3) is 11.4 Å². The summed E-state index contributed by atoms with van der Waals surface area (Å²) in [5, 5.41) is 11.1. The summed E-state index contributed by atoms with van der Waals surface area (Å²) in [6, 6.07) is 8.35. The molecule has 0 spiro atoms. The summed E-state index contributed by atoms with van der Waals surface area (Å²) >= 11 is 1.40. The van der Waals surface area contributed by atoms with Crippen LogP contribution in [0, 0.1) is 23.2 Å². The van der Waals surface area contributed by atoms with Gasteiger partial charge in [-0.05, 0) is 73.7 Å². The molecule has 4 bridgehead atoms. The Bertz CT molecular complexity index is 840.